The fourth-order valence-electron chi connectivity index (χ4n) is 9.60. The molecule has 0 spiro atoms. The molecule has 0 unspecified atom stereocenters. The van der Waals surface area contributed by atoms with E-state index >= 15 is 0 Å². The molecule has 3 aliphatic carbocycles. The van der Waals surface area contributed by atoms with E-state index in [4.69, 9.17) is 4.74 Å². The van der Waals surface area contributed by atoms with E-state index in [0.29, 0.717) is 30.8 Å². The Kier molecular flexibility index (Phi) is 7.72. The second kappa shape index (κ2) is 9.89. The minimum atomic E-state index is -0.867. The topological polar surface area (TPSA) is 107 Å². The lowest BCUT2D eigenvalue weighted by atomic mass is 9.48. The average molecular weight is 495 g/mol. The second-order valence-corrected chi connectivity index (χ2v) is 13.5. The fourth-order valence-corrected chi connectivity index (χ4v) is 9.60. The summed E-state index contributed by atoms with van der Waals surface area (Å²) in [5.41, 5.74) is -0.348. The molecule has 13 atom stereocenters. The number of hydrogen-bond donors (Lipinski definition) is 4. The molecule has 0 aromatic carbocycles. The number of rotatable bonds is 6. The van der Waals surface area contributed by atoms with Gasteiger partial charge in [0.1, 0.15) is 0 Å². The van der Waals surface area contributed by atoms with Crippen LogP contribution in [-0.4, -0.2) is 57.4 Å². The Bertz CT molecular complexity index is 770. The number of carbonyl (C=O) groups is 1. The highest BCUT2D eigenvalue weighted by Crippen LogP contribution is 2.66. The van der Waals surface area contributed by atoms with Crippen molar-refractivity contribution in [3.05, 3.63) is 0 Å². The number of fused-ring (bicyclic) bond motifs is 5. The van der Waals surface area contributed by atoms with Gasteiger partial charge in [0.25, 0.3) is 0 Å². The highest BCUT2D eigenvalue weighted by Gasteiger charge is 2.63. The molecular formula is C29H50O6. The van der Waals surface area contributed by atoms with Crippen LogP contribution in [0.3, 0.4) is 0 Å². The van der Waals surface area contributed by atoms with Crippen molar-refractivity contribution < 1.29 is 30.0 Å². The molecule has 35 heavy (non-hydrogen) atoms. The third-order valence-electron chi connectivity index (χ3n) is 11.7. The van der Waals surface area contributed by atoms with E-state index in [-0.39, 0.29) is 52.8 Å². The van der Waals surface area contributed by atoms with Crippen LogP contribution in [0.15, 0.2) is 0 Å². The van der Waals surface area contributed by atoms with E-state index in [2.05, 4.69) is 41.5 Å². The first-order valence-electron chi connectivity index (χ1n) is 14.3. The molecule has 0 aromatic rings. The maximum atomic E-state index is 13.0. The van der Waals surface area contributed by atoms with Crippen LogP contribution in [0.5, 0.6) is 0 Å². The van der Waals surface area contributed by atoms with Gasteiger partial charge in [-0.1, -0.05) is 48.0 Å². The molecular weight excluding hydrogens is 444 g/mol. The molecule has 1 saturated heterocycles. The van der Waals surface area contributed by atoms with Crippen molar-refractivity contribution in [1.29, 1.82) is 0 Å². The lowest BCUT2D eigenvalue weighted by Gasteiger charge is -2.56. The largest absolute Gasteiger partial charge is 0.465 e. The first-order valence-corrected chi connectivity index (χ1v) is 14.3. The number of cyclic esters (lactones) is 1. The summed E-state index contributed by atoms with van der Waals surface area (Å²) in [7, 11) is 0. The van der Waals surface area contributed by atoms with Crippen LogP contribution in [0.25, 0.3) is 0 Å². The van der Waals surface area contributed by atoms with Crippen LogP contribution in [0.2, 0.25) is 0 Å². The monoisotopic (exact) mass is 494 g/mol. The quantitative estimate of drug-likeness (QED) is 0.419. The molecule has 0 radical (unpaired) electrons. The van der Waals surface area contributed by atoms with E-state index < -0.39 is 24.4 Å². The van der Waals surface area contributed by atoms with Gasteiger partial charge in [-0.2, -0.15) is 0 Å². The summed E-state index contributed by atoms with van der Waals surface area (Å²) in [6, 6.07) is 0. The van der Waals surface area contributed by atoms with E-state index in [1.54, 1.807) is 0 Å². The van der Waals surface area contributed by atoms with Crippen LogP contribution < -0.4 is 0 Å². The third kappa shape index (κ3) is 4.38. The number of aliphatic hydroxyl groups is 4. The highest BCUT2D eigenvalue weighted by atomic mass is 16.5. The number of aliphatic hydroxyl groups excluding tert-OH is 4. The van der Waals surface area contributed by atoms with Gasteiger partial charge in [0.2, 0.25) is 0 Å². The van der Waals surface area contributed by atoms with Gasteiger partial charge in [-0.3, -0.25) is 4.79 Å². The minimum absolute atomic E-state index is 0.00679. The smallest absolute Gasteiger partial charge is 0.309 e. The molecule has 1 aliphatic heterocycles. The zero-order valence-corrected chi connectivity index (χ0v) is 22.7. The van der Waals surface area contributed by atoms with E-state index in [9.17, 15) is 25.2 Å². The summed E-state index contributed by atoms with van der Waals surface area (Å²) in [6.45, 7) is 13.4. The lowest BCUT2D eigenvalue weighted by molar-refractivity contribution is -0.162. The normalized spacial score (nSPS) is 47.1. The summed E-state index contributed by atoms with van der Waals surface area (Å²) >= 11 is 0. The predicted molar refractivity (Wildman–Crippen MR) is 134 cm³/mol. The molecule has 202 valence electrons. The maximum absolute atomic E-state index is 13.0. The van der Waals surface area contributed by atoms with Crippen molar-refractivity contribution in [1.82, 2.24) is 0 Å². The van der Waals surface area contributed by atoms with E-state index in [1.807, 2.05) is 0 Å². The van der Waals surface area contributed by atoms with Crippen molar-refractivity contribution in [2.75, 3.05) is 6.61 Å². The molecule has 4 N–H and O–H groups in total. The molecule has 4 aliphatic rings. The van der Waals surface area contributed by atoms with Gasteiger partial charge >= 0.3 is 5.97 Å². The summed E-state index contributed by atoms with van der Waals surface area (Å²) in [5, 5.41) is 43.2. The van der Waals surface area contributed by atoms with Crippen LogP contribution in [0, 0.1) is 58.2 Å². The maximum Gasteiger partial charge on any atom is 0.309 e. The Morgan fingerprint density at radius 1 is 0.971 bits per heavy atom. The van der Waals surface area contributed by atoms with Gasteiger partial charge in [-0.25, -0.2) is 0 Å². The van der Waals surface area contributed by atoms with Gasteiger partial charge in [-0.15, -0.1) is 0 Å². The van der Waals surface area contributed by atoms with Crippen molar-refractivity contribution >= 4 is 5.97 Å². The minimum Gasteiger partial charge on any atom is -0.465 e. The van der Waals surface area contributed by atoms with Gasteiger partial charge in [-0.05, 0) is 90.8 Å². The second-order valence-electron chi connectivity index (χ2n) is 13.5. The molecule has 0 aromatic heterocycles. The summed E-state index contributed by atoms with van der Waals surface area (Å²) < 4.78 is 5.88. The summed E-state index contributed by atoms with van der Waals surface area (Å²) in [6.07, 6.45) is 2.49. The SMILES string of the molecule is CC[C@H](C(C)C)[C@H](O)[C@@H](O)[C@@H](C)[C@@H]1CC[C@@H]2[C@@H]3COC(=O)[C@@H]4C[C@H](O)[C@H](O)C[C@]4(C)[C@@H]3CC[C@@]21C. The van der Waals surface area contributed by atoms with Crippen LogP contribution in [-0.2, 0) is 9.53 Å². The van der Waals surface area contributed by atoms with Gasteiger partial charge in [0.15, 0.2) is 0 Å². The molecule has 6 heteroatoms. The predicted octanol–water partition coefficient (Wildman–Crippen LogP) is 3.78. The van der Waals surface area contributed by atoms with Gasteiger partial charge in [0.05, 0.1) is 36.9 Å². The molecule has 0 amide bonds. The first-order chi connectivity index (χ1) is 16.4. The summed E-state index contributed by atoms with van der Waals surface area (Å²) in [5.74, 6) is 1.01. The highest BCUT2D eigenvalue weighted by molar-refractivity contribution is 5.74. The molecule has 6 nitrogen and oxygen atoms in total. The van der Waals surface area contributed by atoms with Crippen molar-refractivity contribution in [3.8, 4) is 0 Å². The number of esters is 1. The molecule has 4 fully saturated rings. The summed E-state index contributed by atoms with van der Waals surface area (Å²) in [4.78, 5) is 13.0. The first kappa shape index (κ1) is 27.3. The lowest BCUT2D eigenvalue weighted by Crippen LogP contribution is -2.55. The molecule has 4 rings (SSSR count). The fraction of sp³-hybridized carbons (Fsp3) is 0.966. The van der Waals surface area contributed by atoms with Crippen LogP contribution in [0.4, 0.5) is 0 Å². The molecule has 0 bridgehead atoms. The third-order valence-corrected chi connectivity index (χ3v) is 11.7. The number of ether oxygens (including phenoxy) is 1. The average Bonchev–Trinajstić information content (AvgIpc) is 3.11. The van der Waals surface area contributed by atoms with Crippen LogP contribution in [0.1, 0.15) is 86.5 Å². The number of carbonyl (C=O) groups excluding carboxylic acids is 1. The Hall–Kier alpha value is -0.690. The van der Waals surface area contributed by atoms with Crippen molar-refractivity contribution in [2.45, 2.75) is 111 Å². The van der Waals surface area contributed by atoms with Gasteiger partial charge in [0, 0.05) is 0 Å². The molecule has 1 heterocycles. The van der Waals surface area contributed by atoms with Gasteiger partial charge < -0.3 is 25.2 Å². The van der Waals surface area contributed by atoms with Crippen LogP contribution >= 0.6 is 0 Å². The Balaban J connectivity index is 1.57. The number of hydrogen-bond acceptors (Lipinski definition) is 6. The Labute approximate surface area is 211 Å². The van der Waals surface area contributed by atoms with E-state index in [0.717, 1.165) is 32.1 Å². The van der Waals surface area contributed by atoms with Crippen molar-refractivity contribution in [2.24, 2.45) is 58.2 Å². The Morgan fingerprint density at radius 2 is 1.63 bits per heavy atom. The Morgan fingerprint density at radius 3 is 2.26 bits per heavy atom. The van der Waals surface area contributed by atoms with E-state index in [1.165, 1.54) is 0 Å². The van der Waals surface area contributed by atoms with Crippen molar-refractivity contribution in [3.63, 3.8) is 0 Å². The standard InChI is InChI=1S/C29H50O6/c1-7-17(15(2)3)26(33)25(32)16(4)19-8-9-20-18-14-35-27(34)22-12-23(30)24(31)13-29(22,6)21(18)10-11-28(19,20)5/h15-26,30-33H,7-14H2,1-6H3/t16-,17+,18-,19-,20+,21+,22-,23-,24+,25-,26-,28+,29+/m0/s1. The molecule has 3 saturated carbocycles. The zero-order chi connectivity index (χ0) is 25.9. The zero-order valence-electron chi connectivity index (χ0n) is 22.7.